The normalized spacial score (nSPS) is 12.7. The molecule has 1 rings (SSSR count). The number of nitrogens with one attached hydrogen (secondary N) is 1. The number of carbonyl (C=O) groups is 1. The third kappa shape index (κ3) is 6.81. The maximum atomic E-state index is 12.0. The van der Waals surface area contributed by atoms with Gasteiger partial charge in [0.1, 0.15) is 0 Å². The largest absolute Gasteiger partial charge is 0.354 e. The van der Waals surface area contributed by atoms with Gasteiger partial charge in [-0.2, -0.15) is 0 Å². The van der Waals surface area contributed by atoms with Crippen molar-refractivity contribution in [1.82, 2.24) is 5.32 Å². The first-order valence-corrected chi connectivity index (χ1v) is 7.81. The summed E-state index contributed by atoms with van der Waals surface area (Å²) in [5.74, 6) is 0.360. The Balaban J connectivity index is 0.00000400. The quantitative estimate of drug-likeness (QED) is 0.795. The van der Waals surface area contributed by atoms with E-state index in [4.69, 9.17) is 5.73 Å². The summed E-state index contributed by atoms with van der Waals surface area (Å²) in [7, 11) is 0. The van der Waals surface area contributed by atoms with Gasteiger partial charge >= 0.3 is 0 Å². The Labute approximate surface area is 142 Å². The molecule has 5 heteroatoms. The molecule has 0 aliphatic rings. The Hall–Kier alpha value is -0.580. The second-order valence-corrected chi connectivity index (χ2v) is 7.26. The highest BCUT2D eigenvalue weighted by atomic mass is 79.9. The van der Waals surface area contributed by atoms with E-state index in [0.717, 1.165) is 4.47 Å². The molecule has 1 aromatic carbocycles. The van der Waals surface area contributed by atoms with Gasteiger partial charge < -0.3 is 11.1 Å². The predicted molar refractivity (Wildman–Crippen MR) is 94.9 cm³/mol. The van der Waals surface area contributed by atoms with E-state index in [2.05, 4.69) is 61.1 Å². The van der Waals surface area contributed by atoms with Gasteiger partial charge in [-0.1, -0.05) is 55.8 Å². The first-order valence-electron chi connectivity index (χ1n) is 7.01. The number of amides is 1. The van der Waals surface area contributed by atoms with Crippen molar-refractivity contribution in [2.24, 2.45) is 11.7 Å². The average Bonchev–Trinajstić information content (AvgIpc) is 2.35. The molecule has 0 saturated carbocycles. The van der Waals surface area contributed by atoms with Crippen LogP contribution in [0.15, 0.2) is 28.7 Å². The zero-order valence-corrected chi connectivity index (χ0v) is 15.6. The Morgan fingerprint density at radius 3 is 2.29 bits per heavy atom. The molecule has 1 aromatic rings. The second kappa shape index (κ2) is 8.76. The molecule has 0 spiro atoms. The van der Waals surface area contributed by atoms with Gasteiger partial charge in [-0.25, -0.2) is 0 Å². The van der Waals surface area contributed by atoms with Crippen LogP contribution in [-0.4, -0.2) is 18.5 Å². The van der Waals surface area contributed by atoms with E-state index in [0.29, 0.717) is 18.9 Å². The molecule has 3 N–H and O–H groups in total. The van der Waals surface area contributed by atoms with Crippen molar-refractivity contribution < 1.29 is 4.79 Å². The highest BCUT2D eigenvalue weighted by Crippen LogP contribution is 2.24. The Morgan fingerprint density at radius 2 is 1.81 bits per heavy atom. The van der Waals surface area contributed by atoms with Crippen molar-refractivity contribution in [1.29, 1.82) is 0 Å². The van der Waals surface area contributed by atoms with E-state index in [1.807, 2.05) is 12.1 Å². The number of halogens is 2. The van der Waals surface area contributed by atoms with Gasteiger partial charge in [0.05, 0.1) is 6.04 Å². The van der Waals surface area contributed by atoms with Gasteiger partial charge in [0.2, 0.25) is 5.91 Å². The number of benzene rings is 1. The molecule has 3 nitrogen and oxygen atoms in total. The van der Waals surface area contributed by atoms with Gasteiger partial charge in [0.25, 0.3) is 0 Å². The number of carbonyl (C=O) groups excluding carboxylic acids is 1. The van der Waals surface area contributed by atoms with E-state index in [1.54, 1.807) is 0 Å². The van der Waals surface area contributed by atoms with Gasteiger partial charge in [0.15, 0.2) is 0 Å². The lowest BCUT2D eigenvalue weighted by Gasteiger charge is -2.26. The first kappa shape index (κ1) is 20.4. The molecule has 0 aromatic heterocycles. The standard InChI is InChI=1S/C16H25BrN2O.ClH/c1-11(2)9-14(18)15(20)19-10-16(3,4)12-5-7-13(17)8-6-12;/h5-8,11,14H,9-10,18H2,1-4H3,(H,19,20);1H/t14-;/m0./s1. The SMILES string of the molecule is CC(C)C[C@H](N)C(=O)NCC(C)(C)c1ccc(Br)cc1.Cl. The van der Waals surface area contributed by atoms with E-state index >= 15 is 0 Å². The highest BCUT2D eigenvalue weighted by Gasteiger charge is 2.23. The van der Waals surface area contributed by atoms with E-state index in [-0.39, 0.29) is 23.7 Å². The topological polar surface area (TPSA) is 55.1 Å². The third-order valence-electron chi connectivity index (χ3n) is 3.39. The Bertz CT molecular complexity index is 446. The van der Waals surface area contributed by atoms with Crippen molar-refractivity contribution in [2.45, 2.75) is 45.6 Å². The molecular weight excluding hydrogens is 352 g/mol. The summed E-state index contributed by atoms with van der Waals surface area (Å²) in [5.41, 5.74) is 6.96. The van der Waals surface area contributed by atoms with Crippen LogP contribution < -0.4 is 11.1 Å². The maximum Gasteiger partial charge on any atom is 0.236 e. The molecule has 0 aliphatic heterocycles. The lowest BCUT2D eigenvalue weighted by Crippen LogP contribution is -2.45. The van der Waals surface area contributed by atoms with Crippen molar-refractivity contribution in [3.05, 3.63) is 34.3 Å². The second-order valence-electron chi connectivity index (χ2n) is 6.34. The van der Waals surface area contributed by atoms with Crippen LogP contribution in [0.2, 0.25) is 0 Å². The summed E-state index contributed by atoms with van der Waals surface area (Å²) in [6, 6.07) is 7.76. The predicted octanol–water partition coefficient (Wildman–Crippen LogP) is 3.64. The minimum Gasteiger partial charge on any atom is -0.354 e. The molecule has 120 valence electrons. The summed E-state index contributed by atoms with van der Waals surface area (Å²) in [6.07, 6.45) is 0.713. The number of rotatable bonds is 6. The van der Waals surface area contributed by atoms with Crippen LogP contribution in [0.25, 0.3) is 0 Å². The minimum atomic E-state index is -0.421. The molecule has 0 saturated heterocycles. The summed E-state index contributed by atoms with van der Waals surface area (Å²) < 4.78 is 1.06. The van der Waals surface area contributed by atoms with E-state index in [9.17, 15) is 4.79 Å². The van der Waals surface area contributed by atoms with E-state index < -0.39 is 6.04 Å². The van der Waals surface area contributed by atoms with Crippen LogP contribution in [-0.2, 0) is 10.2 Å². The zero-order chi connectivity index (χ0) is 15.3. The van der Waals surface area contributed by atoms with Crippen LogP contribution in [0, 0.1) is 5.92 Å². The smallest absolute Gasteiger partial charge is 0.236 e. The number of hydrogen-bond donors (Lipinski definition) is 2. The molecule has 0 radical (unpaired) electrons. The first-order chi connectivity index (χ1) is 9.22. The van der Waals surface area contributed by atoms with Crippen LogP contribution in [0.3, 0.4) is 0 Å². The fraction of sp³-hybridized carbons (Fsp3) is 0.562. The molecule has 1 amide bonds. The van der Waals surface area contributed by atoms with Crippen LogP contribution >= 0.6 is 28.3 Å². The lowest BCUT2D eigenvalue weighted by atomic mass is 9.84. The number of hydrogen-bond acceptors (Lipinski definition) is 2. The minimum absolute atomic E-state index is 0. The Morgan fingerprint density at radius 1 is 1.29 bits per heavy atom. The molecule has 0 bridgehead atoms. The fourth-order valence-electron chi connectivity index (χ4n) is 2.06. The third-order valence-corrected chi connectivity index (χ3v) is 3.92. The summed E-state index contributed by atoms with van der Waals surface area (Å²) in [6.45, 7) is 8.95. The van der Waals surface area contributed by atoms with Gasteiger partial charge in [-0.05, 0) is 30.0 Å². The summed E-state index contributed by atoms with van der Waals surface area (Å²) in [5, 5.41) is 2.97. The molecule has 21 heavy (non-hydrogen) atoms. The molecule has 0 aliphatic carbocycles. The van der Waals surface area contributed by atoms with Crippen molar-refractivity contribution in [2.75, 3.05) is 6.54 Å². The lowest BCUT2D eigenvalue weighted by molar-refractivity contribution is -0.122. The zero-order valence-electron chi connectivity index (χ0n) is 13.2. The van der Waals surface area contributed by atoms with Crippen molar-refractivity contribution in [3.63, 3.8) is 0 Å². The highest BCUT2D eigenvalue weighted by molar-refractivity contribution is 9.10. The molecule has 0 unspecified atom stereocenters. The van der Waals surface area contributed by atoms with Crippen LogP contribution in [0.5, 0.6) is 0 Å². The summed E-state index contributed by atoms with van der Waals surface area (Å²) >= 11 is 3.43. The Kier molecular flexibility index (Phi) is 8.52. The summed E-state index contributed by atoms with van der Waals surface area (Å²) in [4.78, 5) is 12.0. The fourth-order valence-corrected chi connectivity index (χ4v) is 2.32. The van der Waals surface area contributed by atoms with Crippen LogP contribution in [0.1, 0.15) is 39.7 Å². The van der Waals surface area contributed by atoms with Crippen molar-refractivity contribution in [3.8, 4) is 0 Å². The van der Waals surface area contributed by atoms with Gasteiger partial charge in [-0.15, -0.1) is 12.4 Å². The average molecular weight is 378 g/mol. The molecule has 0 heterocycles. The maximum absolute atomic E-state index is 12.0. The molecular formula is C16H26BrClN2O. The van der Waals surface area contributed by atoms with Crippen molar-refractivity contribution >= 4 is 34.2 Å². The van der Waals surface area contributed by atoms with Gasteiger partial charge in [0, 0.05) is 16.4 Å². The van der Waals surface area contributed by atoms with E-state index in [1.165, 1.54) is 5.56 Å². The molecule has 0 fully saturated rings. The van der Waals surface area contributed by atoms with Crippen LogP contribution in [0.4, 0.5) is 0 Å². The molecule has 1 atom stereocenters. The van der Waals surface area contributed by atoms with Gasteiger partial charge in [-0.3, -0.25) is 4.79 Å². The number of nitrogens with two attached hydrogens (primary N) is 1. The monoisotopic (exact) mass is 376 g/mol.